The molecule has 0 bridgehead atoms. The van der Waals surface area contributed by atoms with Crippen molar-refractivity contribution in [1.82, 2.24) is 14.4 Å². The van der Waals surface area contributed by atoms with Gasteiger partial charge in [0.15, 0.2) is 17.3 Å². The number of nitrogens with two attached hydrogens (primary N) is 1. The molecular formula is C13H13FN6. The number of nitrogen functional groups attached to an aromatic ring is 1. The van der Waals surface area contributed by atoms with Crippen LogP contribution in [-0.2, 0) is 0 Å². The molecule has 4 N–H and O–H groups in total. The second kappa shape index (κ2) is 4.78. The van der Waals surface area contributed by atoms with Gasteiger partial charge in [-0.1, -0.05) is 0 Å². The number of nitrogens with one attached hydrogen (secondary N) is 2. The summed E-state index contributed by atoms with van der Waals surface area (Å²) in [4.78, 5) is 8.56. The number of aromatic nitrogens is 3. The Morgan fingerprint density at radius 1 is 1.35 bits per heavy atom. The molecule has 0 aliphatic rings. The normalized spacial score (nSPS) is 10.8. The number of hydrogen-bond donors (Lipinski definition) is 3. The molecule has 0 amide bonds. The van der Waals surface area contributed by atoms with Crippen LogP contribution in [0.25, 0.3) is 5.65 Å². The minimum Gasteiger partial charge on any atom is -0.337 e. The van der Waals surface area contributed by atoms with Gasteiger partial charge in [0.1, 0.15) is 5.82 Å². The van der Waals surface area contributed by atoms with Crippen molar-refractivity contribution >= 4 is 23.0 Å². The number of fused-ring (bicyclic) bond motifs is 1. The highest BCUT2D eigenvalue weighted by atomic mass is 19.1. The lowest BCUT2D eigenvalue weighted by Gasteiger charge is -2.11. The monoisotopic (exact) mass is 272 g/mol. The van der Waals surface area contributed by atoms with E-state index in [1.165, 1.54) is 12.1 Å². The highest BCUT2D eigenvalue weighted by Crippen LogP contribution is 2.23. The number of imidazole rings is 1. The van der Waals surface area contributed by atoms with Gasteiger partial charge in [-0.3, -0.25) is 0 Å². The Bertz CT molecular complexity index is 767. The average molecular weight is 272 g/mol. The average Bonchev–Trinajstić information content (AvgIpc) is 2.90. The van der Waals surface area contributed by atoms with Crippen LogP contribution in [0.2, 0.25) is 0 Å². The third-order valence-corrected chi connectivity index (χ3v) is 2.96. The molecule has 0 radical (unpaired) electrons. The summed E-state index contributed by atoms with van der Waals surface area (Å²) in [6.07, 6.45) is 5.19. The van der Waals surface area contributed by atoms with Gasteiger partial charge in [0.2, 0.25) is 0 Å². The first-order chi connectivity index (χ1) is 9.67. The second-order valence-corrected chi connectivity index (χ2v) is 4.36. The predicted molar refractivity (Wildman–Crippen MR) is 75.2 cm³/mol. The highest BCUT2D eigenvalue weighted by molar-refractivity contribution is 5.72. The molecule has 6 nitrogen and oxygen atoms in total. The lowest BCUT2D eigenvalue weighted by molar-refractivity contribution is 0.627. The van der Waals surface area contributed by atoms with E-state index in [9.17, 15) is 4.39 Å². The Kier molecular flexibility index (Phi) is 2.96. The van der Waals surface area contributed by atoms with Crippen molar-refractivity contribution in [2.24, 2.45) is 5.84 Å². The molecule has 1 aromatic carbocycles. The number of benzene rings is 1. The lowest BCUT2D eigenvalue weighted by atomic mass is 10.2. The first-order valence-corrected chi connectivity index (χ1v) is 6.01. The summed E-state index contributed by atoms with van der Waals surface area (Å²) in [5, 5.41) is 3.15. The summed E-state index contributed by atoms with van der Waals surface area (Å²) >= 11 is 0. The number of rotatable bonds is 3. The topological polar surface area (TPSA) is 80.3 Å². The van der Waals surface area contributed by atoms with Crippen LogP contribution in [0.15, 0.2) is 36.8 Å². The van der Waals surface area contributed by atoms with Crippen LogP contribution < -0.4 is 16.6 Å². The molecule has 20 heavy (non-hydrogen) atoms. The van der Waals surface area contributed by atoms with Gasteiger partial charge in [-0.05, 0) is 30.7 Å². The van der Waals surface area contributed by atoms with Crippen LogP contribution in [0.5, 0.6) is 0 Å². The highest BCUT2D eigenvalue weighted by Gasteiger charge is 2.09. The second-order valence-electron chi connectivity index (χ2n) is 4.36. The number of halogens is 1. The van der Waals surface area contributed by atoms with Gasteiger partial charge in [-0.2, -0.15) is 0 Å². The van der Waals surface area contributed by atoms with Crippen LogP contribution in [0.4, 0.5) is 21.7 Å². The van der Waals surface area contributed by atoms with Gasteiger partial charge in [0, 0.05) is 18.1 Å². The number of hydrazine groups is 1. The van der Waals surface area contributed by atoms with Gasteiger partial charge in [0.25, 0.3) is 0 Å². The molecule has 3 rings (SSSR count). The molecular weight excluding hydrogens is 259 g/mol. The number of aryl methyl sites for hydroxylation is 1. The zero-order chi connectivity index (χ0) is 14.1. The maximum Gasteiger partial charge on any atom is 0.180 e. The van der Waals surface area contributed by atoms with Crippen LogP contribution in [0.1, 0.15) is 5.56 Å². The Morgan fingerprint density at radius 2 is 2.20 bits per heavy atom. The number of anilines is 3. The SMILES string of the molecule is Cc1cc(F)ccc1Nc1nc(NN)cn2ccnc12. The van der Waals surface area contributed by atoms with E-state index in [2.05, 4.69) is 20.7 Å². The van der Waals surface area contributed by atoms with E-state index < -0.39 is 0 Å². The molecule has 102 valence electrons. The van der Waals surface area contributed by atoms with E-state index in [0.29, 0.717) is 17.3 Å². The predicted octanol–water partition coefficient (Wildman–Crippen LogP) is 2.21. The van der Waals surface area contributed by atoms with Crippen molar-refractivity contribution < 1.29 is 4.39 Å². The Hall–Kier alpha value is -2.67. The van der Waals surface area contributed by atoms with Crippen LogP contribution >= 0.6 is 0 Å². The molecule has 0 spiro atoms. The van der Waals surface area contributed by atoms with Crippen molar-refractivity contribution in [3.63, 3.8) is 0 Å². The maximum atomic E-state index is 13.1. The van der Waals surface area contributed by atoms with E-state index in [-0.39, 0.29) is 5.82 Å². The van der Waals surface area contributed by atoms with Crippen molar-refractivity contribution in [3.8, 4) is 0 Å². The molecule has 7 heteroatoms. The van der Waals surface area contributed by atoms with Gasteiger partial charge >= 0.3 is 0 Å². The molecule has 3 aromatic rings. The van der Waals surface area contributed by atoms with Crippen molar-refractivity contribution in [3.05, 3.63) is 48.2 Å². The summed E-state index contributed by atoms with van der Waals surface area (Å²) in [5.41, 5.74) is 4.70. The Morgan fingerprint density at radius 3 is 2.95 bits per heavy atom. The van der Waals surface area contributed by atoms with Gasteiger partial charge in [-0.15, -0.1) is 0 Å². The molecule has 0 aliphatic carbocycles. The van der Waals surface area contributed by atoms with E-state index in [0.717, 1.165) is 11.3 Å². The Labute approximate surface area is 114 Å². The first kappa shape index (κ1) is 12.4. The molecule has 0 saturated heterocycles. The van der Waals surface area contributed by atoms with E-state index in [1.54, 1.807) is 29.1 Å². The first-order valence-electron chi connectivity index (χ1n) is 6.01. The van der Waals surface area contributed by atoms with E-state index in [4.69, 9.17) is 5.84 Å². The smallest absolute Gasteiger partial charge is 0.180 e. The third kappa shape index (κ3) is 2.14. The van der Waals surface area contributed by atoms with Crippen molar-refractivity contribution in [2.75, 3.05) is 10.7 Å². The molecule has 0 atom stereocenters. The van der Waals surface area contributed by atoms with Crippen LogP contribution in [0.3, 0.4) is 0 Å². The fourth-order valence-electron chi connectivity index (χ4n) is 1.98. The minimum absolute atomic E-state index is 0.274. The van der Waals surface area contributed by atoms with Gasteiger partial charge in [0.05, 0.1) is 6.20 Å². The fourth-order valence-corrected chi connectivity index (χ4v) is 1.98. The van der Waals surface area contributed by atoms with Crippen molar-refractivity contribution in [2.45, 2.75) is 6.92 Å². The van der Waals surface area contributed by atoms with Crippen LogP contribution in [-0.4, -0.2) is 14.4 Å². The molecule has 0 fully saturated rings. The quantitative estimate of drug-likeness (QED) is 0.503. The lowest BCUT2D eigenvalue weighted by Crippen LogP contribution is -2.11. The summed E-state index contributed by atoms with van der Waals surface area (Å²) < 4.78 is 14.9. The van der Waals surface area contributed by atoms with E-state index >= 15 is 0 Å². The summed E-state index contributed by atoms with van der Waals surface area (Å²) in [5.74, 6) is 6.16. The molecule has 0 aliphatic heterocycles. The van der Waals surface area contributed by atoms with Crippen LogP contribution in [0, 0.1) is 12.7 Å². The molecule has 0 saturated carbocycles. The standard InChI is InChI=1S/C13H13FN6/c1-8-6-9(14)2-3-10(8)17-12-13-16-4-5-20(13)7-11(18-12)19-15/h2-7,19H,15H2,1H3,(H,17,18). The zero-order valence-electron chi connectivity index (χ0n) is 10.8. The molecule has 2 aromatic heterocycles. The molecule has 2 heterocycles. The maximum absolute atomic E-state index is 13.1. The van der Waals surface area contributed by atoms with Gasteiger partial charge in [-0.25, -0.2) is 20.2 Å². The summed E-state index contributed by atoms with van der Waals surface area (Å²) in [6.45, 7) is 1.82. The van der Waals surface area contributed by atoms with Gasteiger partial charge < -0.3 is 15.1 Å². The van der Waals surface area contributed by atoms with Crippen molar-refractivity contribution in [1.29, 1.82) is 0 Å². The van der Waals surface area contributed by atoms with E-state index in [1.807, 2.05) is 6.92 Å². The Balaban J connectivity index is 2.07. The number of nitrogens with zero attached hydrogens (tertiary/aromatic N) is 3. The largest absolute Gasteiger partial charge is 0.337 e. The fraction of sp³-hybridized carbons (Fsp3) is 0.0769. The summed E-state index contributed by atoms with van der Waals surface area (Å²) in [6, 6.07) is 4.51. The zero-order valence-corrected chi connectivity index (χ0v) is 10.8. The minimum atomic E-state index is -0.274. The molecule has 0 unspecified atom stereocenters. The summed E-state index contributed by atoms with van der Waals surface area (Å²) in [7, 11) is 0. The number of hydrogen-bond acceptors (Lipinski definition) is 5. The third-order valence-electron chi connectivity index (χ3n) is 2.96.